The highest BCUT2D eigenvalue weighted by atomic mass is 16.5. The van der Waals surface area contributed by atoms with Gasteiger partial charge in [-0.05, 0) is 180 Å². The highest BCUT2D eigenvalue weighted by molar-refractivity contribution is 6.44. The number of carboxylic acids is 4. The van der Waals surface area contributed by atoms with Gasteiger partial charge in [-0.2, -0.15) is 0 Å². The van der Waals surface area contributed by atoms with E-state index in [1.807, 2.05) is 30.3 Å². The van der Waals surface area contributed by atoms with Crippen molar-refractivity contribution < 1.29 is 92.6 Å². The van der Waals surface area contributed by atoms with Gasteiger partial charge in [0.25, 0.3) is 23.6 Å². The predicted molar refractivity (Wildman–Crippen MR) is 538 cm³/mol. The topological polar surface area (TPSA) is 603 Å². The van der Waals surface area contributed by atoms with Crippen LogP contribution in [0, 0.1) is 0 Å². The van der Waals surface area contributed by atoms with Gasteiger partial charge in [0, 0.05) is 211 Å². The van der Waals surface area contributed by atoms with Crippen molar-refractivity contribution in [3.8, 4) is 0 Å². The number of fused-ring (bicyclic) bond motifs is 8. The van der Waals surface area contributed by atoms with Crippen molar-refractivity contribution in [2.24, 2.45) is 20.7 Å². The molecule has 40 nitrogen and oxygen atoms in total. The molecule has 0 radical (unpaired) electrons. The maximum Gasteiger partial charge on any atom is 0.326 e. The fourth-order valence-electron chi connectivity index (χ4n) is 17.9. The second-order valence-electron chi connectivity index (χ2n) is 36.4. The fourth-order valence-corrected chi connectivity index (χ4v) is 17.9. The lowest BCUT2D eigenvalue weighted by Crippen LogP contribution is -2.50. The molecule has 4 unspecified atom stereocenters. The Kier molecular flexibility index (Phi) is 40.2. The molecule has 8 amide bonds. The number of para-hydroxylation sites is 4. The van der Waals surface area contributed by atoms with Crippen molar-refractivity contribution in [1.82, 2.24) is 83.7 Å². The number of carbonyl (C=O) groups excluding carboxylic acids is 9. The number of hydrogen-bond donors (Lipinski definition) is 19. The first-order valence-electron chi connectivity index (χ1n) is 49.6. The van der Waals surface area contributed by atoms with Crippen LogP contribution < -0.4 is 74.9 Å². The van der Waals surface area contributed by atoms with Crippen molar-refractivity contribution in [3.63, 3.8) is 0 Å². The summed E-state index contributed by atoms with van der Waals surface area (Å²) in [6, 6.07) is 37.9. The van der Waals surface area contributed by atoms with E-state index in [-0.39, 0.29) is 92.6 Å². The zero-order valence-corrected chi connectivity index (χ0v) is 81.1. The molecule has 40 heteroatoms. The maximum absolute atomic E-state index is 12.8. The van der Waals surface area contributed by atoms with Gasteiger partial charge in [-0.25, -0.2) is 34.2 Å². The number of benzene rings is 4. The minimum atomic E-state index is -1.23. The third kappa shape index (κ3) is 31.2. The highest BCUT2D eigenvalue weighted by Crippen LogP contribution is 2.38. The molecule has 8 aromatic rings. The lowest BCUT2D eigenvalue weighted by Gasteiger charge is -2.17. The lowest BCUT2D eigenvalue weighted by atomic mass is 10.0. The molecular formula is C105H127N21O19. The van der Waals surface area contributed by atoms with E-state index in [2.05, 4.69) is 120 Å². The summed E-state index contributed by atoms with van der Waals surface area (Å²) in [5.41, 5.74) is 24.6. The van der Waals surface area contributed by atoms with E-state index < -0.39 is 102 Å². The molecule has 0 bridgehead atoms. The number of aliphatic hydroxyl groups is 1. The monoisotopic (exact) mass is 1990 g/mol. The van der Waals surface area contributed by atoms with Crippen LogP contribution in [-0.4, -0.2) is 229 Å². The number of nitrogens with one attached hydrogen (secondary N) is 13. The number of nitrogens with two attached hydrogens (primary N) is 1. The number of carbonyl (C=O) groups is 13. The maximum atomic E-state index is 12.8. The molecule has 0 aliphatic carbocycles. The Labute approximate surface area is 838 Å². The van der Waals surface area contributed by atoms with Gasteiger partial charge in [0.2, 0.25) is 23.6 Å². The number of aryl methyl sites for hydroxylation is 4. The second-order valence-corrected chi connectivity index (χ2v) is 36.4. The Bertz CT molecular complexity index is 5930. The van der Waals surface area contributed by atoms with E-state index in [4.69, 9.17) is 30.4 Å². The third-order valence-electron chi connectivity index (χ3n) is 25.9. The van der Waals surface area contributed by atoms with Crippen molar-refractivity contribution in [3.05, 3.63) is 236 Å². The molecule has 0 spiro atoms. The summed E-state index contributed by atoms with van der Waals surface area (Å²) in [6.45, 7) is 7.72. The van der Waals surface area contributed by atoms with Gasteiger partial charge in [0.1, 0.15) is 53.5 Å². The number of hydrogen-bond acceptors (Lipinski definition) is 28. The van der Waals surface area contributed by atoms with E-state index in [0.29, 0.717) is 85.2 Å². The number of unbranched alkanes of at least 4 members (excludes halogenated alkanes) is 4. The number of rotatable bonds is 45. The molecule has 16 rings (SSSR count). The number of ketones is 1. The normalized spacial score (nSPS) is 16.9. The summed E-state index contributed by atoms with van der Waals surface area (Å²) in [6.07, 6.45) is 12.8. The molecule has 766 valence electrons. The number of amides is 8. The van der Waals surface area contributed by atoms with Crippen LogP contribution in [0.4, 0.5) is 22.7 Å². The van der Waals surface area contributed by atoms with Crippen LogP contribution in [-0.2, 0) is 140 Å². The van der Waals surface area contributed by atoms with Crippen LogP contribution in [0.5, 0.6) is 0 Å². The fraction of sp³-hybridized carbons (Fsp3) is 0.429. The summed E-state index contributed by atoms with van der Waals surface area (Å²) < 4.78 is 5.42. The summed E-state index contributed by atoms with van der Waals surface area (Å²) in [7, 11) is 1.47. The largest absolute Gasteiger partial charge is 0.480 e. The number of aromatic nitrogens is 4. The number of carboxylic acid groups (broad SMARTS) is 4. The zero-order valence-electron chi connectivity index (χ0n) is 81.1. The zero-order chi connectivity index (χ0) is 103. The lowest BCUT2D eigenvalue weighted by molar-refractivity contribution is -0.142. The first kappa shape index (κ1) is 108. The summed E-state index contributed by atoms with van der Waals surface area (Å²) >= 11 is 0. The quantitative estimate of drug-likeness (QED) is 0.0158. The van der Waals surface area contributed by atoms with Crippen LogP contribution in [0.25, 0.3) is 0 Å². The van der Waals surface area contributed by atoms with Crippen LogP contribution in [0.2, 0.25) is 0 Å². The van der Waals surface area contributed by atoms with E-state index in [9.17, 15) is 87.9 Å². The van der Waals surface area contributed by atoms with Crippen molar-refractivity contribution in [2.45, 2.75) is 229 Å². The van der Waals surface area contributed by atoms with E-state index in [0.717, 1.165) is 186 Å². The Morgan fingerprint density at radius 3 is 1.07 bits per heavy atom. The van der Waals surface area contributed by atoms with Crippen molar-refractivity contribution in [1.29, 1.82) is 0 Å². The molecule has 0 saturated carbocycles. The van der Waals surface area contributed by atoms with Crippen LogP contribution in [0.3, 0.4) is 0 Å². The molecule has 12 heterocycles. The highest BCUT2D eigenvalue weighted by Gasteiger charge is 2.40. The standard InChI is InChI=1S/C27H33N5O5.C26H32N6O4.2C26H31N5O5/c1-37-25-19-7-3-4-8-21(19)31-24(25)26(34)32-22(27(35)36)13-15-29-23(33)9-5-2-6-18-11-10-17-16-28-14-12-20(17)30-18;27-23-18-6-2-3-7-20(18)31-24(23)25(34)32-21(26(35)36)12-14-29-22(33)8-4-1-5-17-10-9-16-15-28-13-11-19(16)30-17;2*32-22(8-4-1-5-17-10-9-16-15-27-13-11-19(16)29-17)28-14-12-21(26(35)36)31-25(34)23-24(33)18-6-2-3-7-20(18)30-23/h3-4,7-8,10-11,22,25,28H,2,5-6,9,12-16H2,1H3,(H,29,33)(H,32,34)(H,35,36);2-3,6-7,9-10,21,23,28H,1,4-5,8,11-15,27H2,(H,29,33)(H,32,34)(H,35,36);2-3,6-7,9-10,21,24,27,33H,1,4-5,8,11-15H2,(H,28,32)(H,31,34)(H,35,36);2-3,6-7,9-10,21,23,27,30H,1,4-5,8,11-15H2,(H,28,32)(H,31,34)(H,35,36)/t22-,25?;21-,23?;21-,24?;21-,23?/m0000/s1. The number of aliphatic imine (C=N–C) groups is 3. The molecule has 8 aliphatic heterocycles. The smallest absolute Gasteiger partial charge is 0.326 e. The average molecular weight is 1990 g/mol. The predicted octanol–water partition coefficient (Wildman–Crippen LogP) is 5.82. The molecule has 4 aromatic heterocycles. The van der Waals surface area contributed by atoms with E-state index in [1.54, 1.807) is 78.9 Å². The molecule has 8 atom stereocenters. The molecular weight excluding hydrogens is 1860 g/mol. The minimum Gasteiger partial charge on any atom is -0.480 e. The van der Waals surface area contributed by atoms with Crippen LogP contribution in [0.15, 0.2) is 161 Å². The first-order chi connectivity index (χ1) is 70.2. The summed E-state index contributed by atoms with van der Waals surface area (Å²) in [4.78, 5) is 190. The summed E-state index contributed by atoms with van der Waals surface area (Å²) in [5.74, 6) is -8.52. The van der Waals surface area contributed by atoms with Gasteiger partial charge in [0.05, 0.1) is 23.1 Å². The van der Waals surface area contributed by atoms with E-state index in [1.165, 1.54) is 29.4 Å². The molecule has 20 N–H and O–H groups in total. The average Bonchev–Trinajstić information content (AvgIpc) is 1.65. The number of Topliss-reactive ketones (excluding diaryl/α,β-unsaturated/α-hetero) is 1. The Morgan fingerprint density at radius 1 is 0.386 bits per heavy atom. The minimum absolute atomic E-state index is 0.00851. The van der Waals surface area contributed by atoms with Gasteiger partial charge < -0.3 is 105 Å². The second kappa shape index (κ2) is 54.1. The van der Waals surface area contributed by atoms with Crippen LogP contribution in [0.1, 0.15) is 216 Å². The van der Waals surface area contributed by atoms with E-state index >= 15 is 0 Å². The number of anilines is 1. The Hall–Kier alpha value is -14.7. The number of pyridine rings is 4. The van der Waals surface area contributed by atoms with Gasteiger partial charge in [-0.1, -0.05) is 91.0 Å². The number of methoxy groups -OCH3 is 1. The number of aliphatic hydroxyl groups excluding tert-OH is 1. The van der Waals surface area contributed by atoms with Crippen molar-refractivity contribution in [2.75, 3.05) is 64.8 Å². The first-order valence-corrected chi connectivity index (χ1v) is 49.6. The van der Waals surface area contributed by atoms with Gasteiger partial charge >= 0.3 is 23.9 Å². The number of aliphatic carboxylic acids is 4. The number of nitrogens with zero attached hydrogens (tertiary/aromatic N) is 7. The Morgan fingerprint density at radius 2 is 0.703 bits per heavy atom. The number of ether oxygens (including phenoxy) is 1. The van der Waals surface area contributed by atoms with Gasteiger partial charge in [-0.3, -0.25) is 63.1 Å². The summed E-state index contributed by atoms with van der Waals surface area (Å²) in [5, 5.41) is 85.3. The molecule has 145 heavy (non-hydrogen) atoms. The van der Waals surface area contributed by atoms with Gasteiger partial charge in [-0.15, -0.1) is 0 Å². The van der Waals surface area contributed by atoms with Crippen molar-refractivity contribution >= 4 is 117 Å². The van der Waals surface area contributed by atoms with Gasteiger partial charge in [0.15, 0.2) is 11.8 Å². The van der Waals surface area contributed by atoms with Crippen LogP contribution >= 0.6 is 0 Å². The third-order valence-corrected chi connectivity index (χ3v) is 25.9. The molecule has 0 fully saturated rings. The molecule has 0 saturated heterocycles. The molecule has 4 aromatic carbocycles. The molecule has 8 aliphatic rings. The SMILES string of the molecule is COC1C(C(=O)N[C@@H](CCNC(=O)CCCCc2ccc3c(n2)CCNC3)C(=O)O)=Nc2ccccc21.NC1C(C(=O)N[C@@H](CCNC(=O)CCCCc2ccc3c(n2)CCNC3)C(=O)O)=Nc2ccccc21.O=C(CCCCc1ccc2c(n1)CCNC2)NCC[C@H](NC(=O)C1=Nc2ccccc2C1O)C(=O)O.O=C(CCCCc1ccc2c(n1)CCNC2)NCC[C@H](NC(=O)C1Nc2ccccc2C1=O)C(=O)O. The Balaban J connectivity index is 0.000000162.